The van der Waals surface area contributed by atoms with Crippen LogP contribution in [0.4, 0.5) is 10.1 Å². The zero-order valence-corrected chi connectivity index (χ0v) is 23.5. The lowest BCUT2D eigenvalue weighted by Crippen LogP contribution is -2.42. The molecule has 0 aromatic carbocycles. The average Bonchev–Trinajstić information content (AvgIpc) is 3.63. The molecule has 4 aromatic heterocycles. The number of nitriles is 2. The summed E-state index contributed by atoms with van der Waals surface area (Å²) in [5.41, 5.74) is 2.56. The number of rotatable bonds is 9. The van der Waals surface area contributed by atoms with Gasteiger partial charge in [-0.3, -0.25) is 14.5 Å². The summed E-state index contributed by atoms with van der Waals surface area (Å²) >= 11 is 0. The van der Waals surface area contributed by atoms with Gasteiger partial charge < -0.3 is 15.7 Å². The largest absolute Gasteiger partial charge is 0.387 e. The van der Waals surface area contributed by atoms with Crippen LogP contribution in [0, 0.1) is 22.7 Å². The molecule has 0 radical (unpaired) electrons. The summed E-state index contributed by atoms with van der Waals surface area (Å²) in [6, 6.07) is 11.7. The van der Waals surface area contributed by atoms with Crippen molar-refractivity contribution in [3.8, 4) is 23.5 Å². The number of hydrogen-bond acceptors (Lipinski definition) is 8. The predicted octanol–water partition coefficient (Wildman–Crippen LogP) is 3.97. The molecule has 42 heavy (non-hydrogen) atoms. The van der Waals surface area contributed by atoms with E-state index in [-0.39, 0.29) is 24.2 Å². The number of amides is 1. The van der Waals surface area contributed by atoms with Gasteiger partial charge in [-0.2, -0.15) is 20.7 Å². The minimum absolute atomic E-state index is 0.0721. The second-order valence-electron chi connectivity index (χ2n) is 11.2. The topological polar surface area (TPSA) is 157 Å². The lowest BCUT2D eigenvalue weighted by molar-refractivity contribution is -0.00177. The van der Waals surface area contributed by atoms with Gasteiger partial charge in [0.15, 0.2) is 0 Å². The summed E-state index contributed by atoms with van der Waals surface area (Å²) in [5.74, 6) is -0.504. The Balaban J connectivity index is 1.38. The van der Waals surface area contributed by atoms with Gasteiger partial charge in [-0.25, -0.2) is 8.91 Å². The smallest absolute Gasteiger partial charge is 0.255 e. The van der Waals surface area contributed by atoms with Crippen molar-refractivity contribution in [2.75, 3.05) is 11.9 Å². The molecule has 0 aliphatic heterocycles. The minimum Gasteiger partial charge on any atom is -0.387 e. The van der Waals surface area contributed by atoms with E-state index in [1.807, 2.05) is 23.0 Å². The molecule has 12 heteroatoms. The van der Waals surface area contributed by atoms with Crippen molar-refractivity contribution in [1.29, 1.82) is 10.5 Å². The van der Waals surface area contributed by atoms with Crippen molar-refractivity contribution in [3.63, 3.8) is 0 Å². The molecule has 11 nitrogen and oxygen atoms in total. The molecule has 1 aliphatic rings. The van der Waals surface area contributed by atoms with Gasteiger partial charge in [0.25, 0.3) is 5.91 Å². The van der Waals surface area contributed by atoms with Crippen LogP contribution in [0.1, 0.15) is 67.1 Å². The Kier molecular flexibility index (Phi) is 8.18. The first-order valence-electron chi connectivity index (χ1n) is 13.9. The Morgan fingerprint density at radius 2 is 1.95 bits per heavy atom. The summed E-state index contributed by atoms with van der Waals surface area (Å²) in [6.07, 6.45) is 8.68. The molecule has 1 saturated carbocycles. The number of hydrogen-bond donors (Lipinski definition) is 3. The second-order valence-corrected chi connectivity index (χ2v) is 11.2. The second kappa shape index (κ2) is 12.0. The van der Waals surface area contributed by atoms with Gasteiger partial charge in [-0.1, -0.05) is 0 Å². The molecule has 3 N–H and O–H groups in total. The predicted molar refractivity (Wildman–Crippen MR) is 153 cm³/mol. The molecule has 4 heterocycles. The molecule has 4 aromatic rings. The van der Waals surface area contributed by atoms with Crippen molar-refractivity contribution in [3.05, 3.63) is 65.7 Å². The highest BCUT2D eigenvalue weighted by Crippen LogP contribution is 2.32. The van der Waals surface area contributed by atoms with Crippen molar-refractivity contribution >= 4 is 17.1 Å². The van der Waals surface area contributed by atoms with E-state index in [1.54, 1.807) is 22.8 Å². The Morgan fingerprint density at radius 1 is 1.17 bits per heavy atom. The number of fused-ring (bicyclic) bond motifs is 1. The maximum atomic E-state index is 14.4. The highest BCUT2D eigenvalue weighted by molar-refractivity contribution is 6.00. The maximum absolute atomic E-state index is 14.4. The number of aromatic nitrogens is 5. The highest BCUT2D eigenvalue weighted by atomic mass is 19.1. The summed E-state index contributed by atoms with van der Waals surface area (Å²) in [7, 11) is 0. The van der Waals surface area contributed by atoms with E-state index in [4.69, 9.17) is 5.26 Å². The fourth-order valence-electron chi connectivity index (χ4n) is 5.14. The fraction of sp³-hybridized carbons (Fsp3) is 0.400. The molecule has 1 atom stereocenters. The number of carbonyl (C=O) groups excluding carboxylic acids is 1. The van der Waals surface area contributed by atoms with Gasteiger partial charge in [0, 0.05) is 24.0 Å². The Hall–Kier alpha value is -4.81. The fourth-order valence-corrected chi connectivity index (χ4v) is 5.14. The number of halogens is 1. The van der Waals surface area contributed by atoms with E-state index >= 15 is 0 Å². The first-order valence-corrected chi connectivity index (χ1v) is 13.9. The van der Waals surface area contributed by atoms with E-state index < -0.39 is 17.7 Å². The van der Waals surface area contributed by atoms with Crippen LogP contribution in [0.2, 0.25) is 0 Å². The summed E-state index contributed by atoms with van der Waals surface area (Å²) in [5, 5.41) is 43.0. The molecule has 0 saturated heterocycles. The lowest BCUT2D eigenvalue weighted by Gasteiger charge is -2.30. The third-order valence-corrected chi connectivity index (χ3v) is 7.62. The Morgan fingerprint density at radius 3 is 2.67 bits per heavy atom. The van der Waals surface area contributed by atoms with Crippen LogP contribution >= 0.6 is 0 Å². The molecule has 0 bridgehead atoms. The summed E-state index contributed by atoms with van der Waals surface area (Å²) in [6.45, 7) is 2.36. The zero-order valence-electron chi connectivity index (χ0n) is 23.5. The number of anilines is 1. The maximum Gasteiger partial charge on any atom is 0.255 e. The SMILES string of the molecule is CC(C)(O)[C@H](F)CNC(=O)c1cnc(-c2ccc3cc(C#N)cnn23)cc1N[C@H]1CC[C@H](n2cc(CC#N)cn2)CC1. The molecule has 1 amide bonds. The van der Waals surface area contributed by atoms with Crippen LogP contribution in [0.15, 0.2) is 49.1 Å². The standard InChI is InChI=1S/C30H32FN9O2/c1-30(2,42)28(31)17-35-29(41)24-16-34-26(27-8-7-23-11-20(13-33)15-37-40(23)27)12-25(24)38-21-3-5-22(6-4-21)39-18-19(9-10-32)14-36-39/h7-8,11-12,14-16,18,21-22,28,42H,3-6,9,17H2,1-2H3,(H,34,38)(H,35,41)/t21-,22-,28-/m1/s1. The van der Waals surface area contributed by atoms with Gasteiger partial charge in [0.1, 0.15) is 12.2 Å². The highest BCUT2D eigenvalue weighted by Gasteiger charge is 2.28. The number of carbonyl (C=O) groups is 1. The van der Waals surface area contributed by atoms with Gasteiger partial charge in [-0.15, -0.1) is 0 Å². The first kappa shape index (κ1) is 28.7. The van der Waals surface area contributed by atoms with Crippen LogP contribution < -0.4 is 10.6 Å². The van der Waals surface area contributed by atoms with Crippen LogP contribution in [-0.4, -0.2) is 59.8 Å². The van der Waals surface area contributed by atoms with E-state index in [1.165, 1.54) is 26.2 Å². The number of nitrogens with one attached hydrogen (secondary N) is 2. The van der Waals surface area contributed by atoms with Crippen LogP contribution in [0.25, 0.3) is 16.9 Å². The van der Waals surface area contributed by atoms with Crippen molar-refractivity contribution < 1.29 is 14.3 Å². The molecular formula is C30H32FN9O2. The molecular weight excluding hydrogens is 537 g/mol. The lowest BCUT2D eigenvalue weighted by atomic mass is 9.91. The summed E-state index contributed by atoms with van der Waals surface area (Å²) < 4.78 is 18.0. The first-order chi connectivity index (χ1) is 20.2. The molecule has 5 rings (SSSR count). The number of pyridine rings is 1. The van der Waals surface area contributed by atoms with Gasteiger partial charge in [-0.05, 0) is 63.8 Å². The zero-order chi connectivity index (χ0) is 29.9. The third-order valence-electron chi connectivity index (χ3n) is 7.62. The van der Waals surface area contributed by atoms with Crippen molar-refractivity contribution in [2.24, 2.45) is 0 Å². The van der Waals surface area contributed by atoms with E-state index in [0.29, 0.717) is 29.1 Å². The molecule has 0 spiro atoms. The molecule has 216 valence electrons. The third kappa shape index (κ3) is 6.24. The number of nitrogens with zero attached hydrogens (tertiary/aromatic N) is 7. The van der Waals surface area contributed by atoms with Crippen LogP contribution in [0.3, 0.4) is 0 Å². The summed E-state index contributed by atoms with van der Waals surface area (Å²) in [4.78, 5) is 17.7. The van der Waals surface area contributed by atoms with E-state index in [2.05, 4.69) is 38.0 Å². The Bertz CT molecular complexity index is 1670. The van der Waals surface area contributed by atoms with E-state index in [0.717, 1.165) is 36.8 Å². The molecule has 0 unspecified atom stereocenters. The number of alkyl halides is 1. The molecule has 1 fully saturated rings. The van der Waals surface area contributed by atoms with Crippen LogP contribution in [-0.2, 0) is 6.42 Å². The quantitative estimate of drug-likeness (QED) is 0.273. The van der Waals surface area contributed by atoms with Gasteiger partial charge in [0.2, 0.25) is 0 Å². The average molecular weight is 570 g/mol. The van der Waals surface area contributed by atoms with Crippen molar-refractivity contribution in [2.45, 2.75) is 69.8 Å². The number of aliphatic hydroxyl groups is 1. The van der Waals surface area contributed by atoms with Gasteiger partial charge >= 0.3 is 0 Å². The van der Waals surface area contributed by atoms with Crippen molar-refractivity contribution in [1.82, 2.24) is 29.7 Å². The minimum atomic E-state index is -1.65. The monoisotopic (exact) mass is 569 g/mol. The van der Waals surface area contributed by atoms with Crippen LogP contribution in [0.5, 0.6) is 0 Å². The van der Waals surface area contributed by atoms with E-state index in [9.17, 15) is 19.6 Å². The normalized spacial score (nSPS) is 17.8. The molecule has 1 aliphatic carbocycles. The van der Waals surface area contributed by atoms with Gasteiger partial charge in [0.05, 0.1) is 76.8 Å². The Labute approximate surface area is 242 Å².